The number of methoxy groups -OCH3 is 1. The highest BCUT2D eigenvalue weighted by atomic mass is 35.5. The van der Waals surface area contributed by atoms with Gasteiger partial charge in [-0.1, -0.05) is 35.3 Å². The van der Waals surface area contributed by atoms with Crippen LogP contribution in [0.5, 0.6) is 5.75 Å². The average Bonchev–Trinajstić information content (AvgIpc) is 2.89. The van der Waals surface area contributed by atoms with Crippen molar-refractivity contribution in [3.8, 4) is 17.0 Å². The number of thiazole rings is 1. The molecule has 0 saturated carbocycles. The first kappa shape index (κ1) is 18.7. The summed E-state index contributed by atoms with van der Waals surface area (Å²) in [6.07, 6.45) is 0. The molecule has 7 heteroatoms. The molecule has 0 unspecified atom stereocenters. The summed E-state index contributed by atoms with van der Waals surface area (Å²) in [6, 6.07) is 12.5. The first-order valence-corrected chi connectivity index (χ1v) is 9.33. The van der Waals surface area contributed by atoms with Crippen molar-refractivity contribution in [2.75, 3.05) is 7.11 Å². The Hall–Kier alpha value is -2.08. The smallest absolute Gasteiger partial charge is 0.283 e. The summed E-state index contributed by atoms with van der Waals surface area (Å²) in [5.74, 6) is 0.0425. The van der Waals surface area contributed by atoms with E-state index >= 15 is 0 Å². The Morgan fingerprint density at radius 2 is 1.77 bits per heavy atom. The molecule has 0 radical (unpaired) electrons. The molecule has 26 heavy (non-hydrogen) atoms. The highest BCUT2D eigenvalue weighted by molar-refractivity contribution is 7.09. The number of aromatic nitrogens is 1. The number of ether oxygens (including phenoxy) is 1. The number of rotatable bonds is 3. The Morgan fingerprint density at radius 3 is 2.42 bits per heavy atom. The molecule has 134 valence electrons. The van der Waals surface area contributed by atoms with E-state index in [9.17, 15) is 4.79 Å². The second kappa shape index (κ2) is 7.66. The maximum absolute atomic E-state index is 12.7. The van der Waals surface area contributed by atoms with Crippen LogP contribution < -0.4 is 9.54 Å². The van der Waals surface area contributed by atoms with Gasteiger partial charge in [-0.2, -0.15) is 4.99 Å². The van der Waals surface area contributed by atoms with Crippen molar-refractivity contribution < 1.29 is 9.53 Å². The fourth-order valence-corrected chi connectivity index (χ4v) is 3.96. The number of aryl methyl sites for hydroxylation is 1. The molecule has 0 fully saturated rings. The van der Waals surface area contributed by atoms with E-state index < -0.39 is 5.91 Å². The summed E-state index contributed by atoms with van der Waals surface area (Å²) in [5.41, 5.74) is 2.34. The summed E-state index contributed by atoms with van der Waals surface area (Å²) in [5, 5.41) is 1.13. The van der Waals surface area contributed by atoms with Gasteiger partial charge in [-0.3, -0.25) is 4.79 Å². The van der Waals surface area contributed by atoms with Gasteiger partial charge < -0.3 is 9.30 Å². The van der Waals surface area contributed by atoms with E-state index in [1.807, 2.05) is 42.8 Å². The molecular formula is C19H16Cl2N2O2S. The van der Waals surface area contributed by atoms with E-state index in [1.54, 1.807) is 18.2 Å². The Balaban J connectivity index is 2.08. The molecule has 2 aromatic carbocycles. The van der Waals surface area contributed by atoms with Crippen LogP contribution in [0.2, 0.25) is 10.0 Å². The Labute approximate surface area is 165 Å². The van der Waals surface area contributed by atoms with Crippen LogP contribution in [0.15, 0.2) is 47.5 Å². The van der Waals surface area contributed by atoms with Crippen molar-refractivity contribution in [1.82, 2.24) is 4.57 Å². The zero-order chi connectivity index (χ0) is 18.8. The third kappa shape index (κ3) is 3.70. The van der Waals surface area contributed by atoms with Crippen molar-refractivity contribution in [1.29, 1.82) is 0 Å². The summed E-state index contributed by atoms with van der Waals surface area (Å²) in [6.45, 7) is 2.00. The van der Waals surface area contributed by atoms with Gasteiger partial charge >= 0.3 is 0 Å². The van der Waals surface area contributed by atoms with Crippen LogP contribution in [0.1, 0.15) is 15.2 Å². The monoisotopic (exact) mass is 406 g/mol. The molecule has 3 aromatic rings. The van der Waals surface area contributed by atoms with Gasteiger partial charge in [0.15, 0.2) is 4.80 Å². The maximum Gasteiger partial charge on any atom is 0.283 e. The number of amides is 1. The number of hydrogen-bond acceptors (Lipinski definition) is 3. The summed E-state index contributed by atoms with van der Waals surface area (Å²) < 4.78 is 7.14. The largest absolute Gasteiger partial charge is 0.496 e. The molecule has 0 spiro atoms. The molecule has 0 saturated heterocycles. The Morgan fingerprint density at radius 1 is 1.12 bits per heavy atom. The molecule has 0 aliphatic rings. The standard InChI is InChI=1S/C19H16Cl2N2O2S/c1-11-17(12-4-6-13(20)7-5-12)23(2)19(26-11)22-18(24)15-10-14(21)8-9-16(15)25-3/h4-10H,1-3H3. The number of hydrogen-bond donors (Lipinski definition) is 0. The highest BCUT2D eigenvalue weighted by Gasteiger charge is 2.15. The molecule has 0 atom stereocenters. The predicted molar refractivity (Wildman–Crippen MR) is 106 cm³/mol. The number of halogens is 2. The Kier molecular flexibility index (Phi) is 5.51. The van der Waals surface area contributed by atoms with Crippen molar-refractivity contribution in [3.63, 3.8) is 0 Å². The minimum Gasteiger partial charge on any atom is -0.496 e. The number of carbonyl (C=O) groups excluding carboxylic acids is 1. The lowest BCUT2D eigenvalue weighted by Crippen LogP contribution is -2.14. The second-order valence-electron chi connectivity index (χ2n) is 5.62. The first-order chi connectivity index (χ1) is 12.4. The van der Waals surface area contributed by atoms with E-state index in [0.29, 0.717) is 26.2 Å². The topological polar surface area (TPSA) is 43.6 Å². The molecule has 1 aromatic heterocycles. The minimum atomic E-state index is -0.399. The maximum atomic E-state index is 12.7. The van der Waals surface area contributed by atoms with Crippen molar-refractivity contribution in [3.05, 3.63) is 67.8 Å². The second-order valence-corrected chi connectivity index (χ2v) is 7.67. The molecule has 0 aliphatic carbocycles. The van der Waals surface area contributed by atoms with Gasteiger partial charge in [0.05, 0.1) is 18.4 Å². The van der Waals surface area contributed by atoms with Gasteiger partial charge in [-0.05, 0) is 42.8 Å². The van der Waals surface area contributed by atoms with E-state index in [0.717, 1.165) is 16.1 Å². The fraction of sp³-hybridized carbons (Fsp3) is 0.158. The van der Waals surface area contributed by atoms with Crippen LogP contribution in [0, 0.1) is 6.92 Å². The minimum absolute atomic E-state index is 0.332. The molecule has 1 heterocycles. The number of benzene rings is 2. The fourth-order valence-electron chi connectivity index (χ4n) is 2.68. The van der Waals surface area contributed by atoms with E-state index in [2.05, 4.69) is 4.99 Å². The van der Waals surface area contributed by atoms with Gasteiger partial charge in [-0.15, -0.1) is 11.3 Å². The molecule has 1 amide bonds. The molecule has 4 nitrogen and oxygen atoms in total. The predicted octanol–water partition coefficient (Wildman–Crippen LogP) is 5.12. The molecule has 0 bridgehead atoms. The van der Waals surface area contributed by atoms with Crippen LogP contribution in [0.25, 0.3) is 11.3 Å². The van der Waals surface area contributed by atoms with E-state index in [4.69, 9.17) is 27.9 Å². The Bertz CT molecular complexity index is 1040. The SMILES string of the molecule is COc1ccc(Cl)cc1C(=O)N=c1sc(C)c(-c2ccc(Cl)cc2)n1C. The van der Waals surface area contributed by atoms with Crippen molar-refractivity contribution >= 4 is 40.4 Å². The zero-order valence-electron chi connectivity index (χ0n) is 14.4. The number of carbonyl (C=O) groups is 1. The van der Waals surface area contributed by atoms with E-state index in [-0.39, 0.29) is 0 Å². The van der Waals surface area contributed by atoms with Gasteiger partial charge in [0.1, 0.15) is 5.75 Å². The van der Waals surface area contributed by atoms with Crippen LogP contribution in [0.3, 0.4) is 0 Å². The molecule has 0 aliphatic heterocycles. The average molecular weight is 407 g/mol. The van der Waals surface area contributed by atoms with Gasteiger partial charge in [-0.25, -0.2) is 0 Å². The molecule has 3 rings (SSSR count). The van der Waals surface area contributed by atoms with Gasteiger partial charge in [0, 0.05) is 22.0 Å². The summed E-state index contributed by atoms with van der Waals surface area (Å²) >= 11 is 13.4. The molecule has 0 N–H and O–H groups in total. The lowest BCUT2D eigenvalue weighted by Gasteiger charge is -2.06. The molecular weight excluding hydrogens is 391 g/mol. The van der Waals surface area contributed by atoms with Crippen LogP contribution >= 0.6 is 34.5 Å². The van der Waals surface area contributed by atoms with Crippen LogP contribution in [-0.4, -0.2) is 17.6 Å². The van der Waals surface area contributed by atoms with Crippen molar-refractivity contribution in [2.24, 2.45) is 12.0 Å². The first-order valence-electron chi connectivity index (χ1n) is 7.75. The highest BCUT2D eigenvalue weighted by Crippen LogP contribution is 2.26. The lowest BCUT2D eigenvalue weighted by molar-refractivity contribution is 0.0995. The van der Waals surface area contributed by atoms with Crippen LogP contribution in [-0.2, 0) is 7.05 Å². The lowest BCUT2D eigenvalue weighted by atomic mass is 10.1. The van der Waals surface area contributed by atoms with E-state index in [1.165, 1.54) is 18.4 Å². The van der Waals surface area contributed by atoms with Gasteiger partial charge in [0.2, 0.25) is 0 Å². The zero-order valence-corrected chi connectivity index (χ0v) is 16.7. The third-order valence-corrected chi connectivity index (χ3v) is 5.44. The summed E-state index contributed by atoms with van der Waals surface area (Å²) in [7, 11) is 3.39. The van der Waals surface area contributed by atoms with Crippen LogP contribution in [0.4, 0.5) is 0 Å². The van der Waals surface area contributed by atoms with Gasteiger partial charge in [0.25, 0.3) is 5.91 Å². The third-order valence-electron chi connectivity index (χ3n) is 3.91. The quantitative estimate of drug-likeness (QED) is 0.605. The number of nitrogens with zero attached hydrogens (tertiary/aromatic N) is 2. The summed E-state index contributed by atoms with van der Waals surface area (Å²) in [4.78, 5) is 18.6. The van der Waals surface area contributed by atoms with Crippen molar-refractivity contribution in [2.45, 2.75) is 6.92 Å². The normalized spacial score (nSPS) is 11.7.